The summed E-state index contributed by atoms with van der Waals surface area (Å²) in [6, 6.07) is 0. The summed E-state index contributed by atoms with van der Waals surface area (Å²) >= 11 is 0. The molecule has 1 amide bonds. The second-order valence-corrected chi connectivity index (χ2v) is 5.94. The van der Waals surface area contributed by atoms with Crippen molar-refractivity contribution >= 4 is 15.7 Å². The van der Waals surface area contributed by atoms with E-state index in [1.54, 1.807) is 4.90 Å². The quantitative estimate of drug-likeness (QED) is 0.692. The van der Waals surface area contributed by atoms with Gasteiger partial charge in [0, 0.05) is 19.5 Å². The van der Waals surface area contributed by atoms with Crippen molar-refractivity contribution in [2.75, 3.05) is 24.6 Å². The number of hydrogen-bond donors (Lipinski definition) is 0. The smallest absolute Gasteiger partial charge is 0.222 e. The van der Waals surface area contributed by atoms with E-state index in [2.05, 4.69) is 0 Å². The molecule has 0 atom stereocenters. The lowest BCUT2D eigenvalue weighted by Crippen LogP contribution is -2.43. The average Bonchev–Trinajstić information content (AvgIpc) is 2.14. The maximum atomic E-state index is 11.5. The molecule has 1 saturated heterocycles. The van der Waals surface area contributed by atoms with Gasteiger partial charge in [0.05, 0.1) is 11.5 Å². The van der Waals surface area contributed by atoms with E-state index in [0.29, 0.717) is 19.5 Å². The van der Waals surface area contributed by atoms with Crippen molar-refractivity contribution in [1.29, 1.82) is 0 Å². The Morgan fingerprint density at radius 2 is 1.86 bits per heavy atom. The van der Waals surface area contributed by atoms with Crippen LogP contribution in [0.4, 0.5) is 0 Å². The molecule has 0 unspecified atom stereocenters. The minimum atomic E-state index is -2.86. The van der Waals surface area contributed by atoms with Gasteiger partial charge in [-0.3, -0.25) is 4.79 Å². The van der Waals surface area contributed by atoms with Crippen LogP contribution in [0.1, 0.15) is 26.2 Å². The van der Waals surface area contributed by atoms with Crippen molar-refractivity contribution in [2.45, 2.75) is 26.2 Å². The molecule has 82 valence electrons. The summed E-state index contributed by atoms with van der Waals surface area (Å²) in [5.74, 6) is 0.358. The van der Waals surface area contributed by atoms with E-state index in [4.69, 9.17) is 0 Å². The molecule has 0 N–H and O–H groups in total. The van der Waals surface area contributed by atoms with Crippen LogP contribution in [0.15, 0.2) is 0 Å². The molecule has 0 aromatic carbocycles. The molecule has 1 heterocycles. The van der Waals surface area contributed by atoms with Gasteiger partial charge < -0.3 is 4.90 Å². The van der Waals surface area contributed by atoms with Gasteiger partial charge in [-0.2, -0.15) is 0 Å². The molecule has 1 aliphatic heterocycles. The van der Waals surface area contributed by atoms with Gasteiger partial charge in [0.25, 0.3) is 0 Å². The zero-order valence-electron chi connectivity index (χ0n) is 8.53. The Bertz CT molecular complexity index is 283. The van der Waals surface area contributed by atoms with E-state index in [1.807, 2.05) is 6.92 Å². The highest BCUT2D eigenvalue weighted by Gasteiger charge is 2.24. The third kappa shape index (κ3) is 3.29. The highest BCUT2D eigenvalue weighted by molar-refractivity contribution is 7.91. The maximum Gasteiger partial charge on any atom is 0.222 e. The zero-order valence-corrected chi connectivity index (χ0v) is 9.35. The van der Waals surface area contributed by atoms with Crippen LogP contribution in [-0.4, -0.2) is 43.8 Å². The van der Waals surface area contributed by atoms with Crippen LogP contribution >= 0.6 is 0 Å². The number of amides is 1. The van der Waals surface area contributed by atoms with Crippen molar-refractivity contribution < 1.29 is 13.2 Å². The molecular formula is C9H17NO3S. The Kier molecular flexibility index (Phi) is 3.92. The first-order valence-electron chi connectivity index (χ1n) is 5.03. The second kappa shape index (κ2) is 4.77. The van der Waals surface area contributed by atoms with Gasteiger partial charge in [-0.15, -0.1) is 0 Å². The predicted molar refractivity (Wildman–Crippen MR) is 54.8 cm³/mol. The number of unbranched alkanes of at least 4 members (excludes halogenated alkanes) is 1. The minimum absolute atomic E-state index is 0.0988. The first-order chi connectivity index (χ1) is 6.55. The van der Waals surface area contributed by atoms with Gasteiger partial charge in [-0.1, -0.05) is 13.3 Å². The van der Waals surface area contributed by atoms with Crippen LogP contribution < -0.4 is 0 Å². The predicted octanol–water partition coefficient (Wildman–Crippen LogP) is 0.434. The largest absolute Gasteiger partial charge is 0.341 e. The van der Waals surface area contributed by atoms with E-state index < -0.39 is 9.84 Å². The van der Waals surface area contributed by atoms with Gasteiger partial charge in [-0.05, 0) is 6.42 Å². The first kappa shape index (κ1) is 11.5. The summed E-state index contributed by atoms with van der Waals surface area (Å²) < 4.78 is 22.2. The Balaban J connectivity index is 2.38. The van der Waals surface area contributed by atoms with Crippen LogP contribution in [0.3, 0.4) is 0 Å². The number of nitrogens with zero attached hydrogens (tertiary/aromatic N) is 1. The molecule has 0 saturated carbocycles. The fourth-order valence-electron chi connectivity index (χ4n) is 1.45. The first-order valence-corrected chi connectivity index (χ1v) is 6.85. The van der Waals surface area contributed by atoms with Crippen LogP contribution in [0.25, 0.3) is 0 Å². The molecule has 1 aliphatic rings. The molecule has 0 spiro atoms. The average molecular weight is 219 g/mol. The normalized spacial score (nSPS) is 20.8. The molecule has 1 rings (SSSR count). The third-order valence-corrected chi connectivity index (χ3v) is 4.05. The lowest BCUT2D eigenvalue weighted by molar-refractivity contribution is -0.130. The Hall–Kier alpha value is -0.580. The molecular weight excluding hydrogens is 202 g/mol. The van der Waals surface area contributed by atoms with Crippen molar-refractivity contribution in [3.05, 3.63) is 0 Å². The summed E-state index contributed by atoms with van der Waals surface area (Å²) in [7, 11) is -2.86. The molecule has 1 fully saturated rings. The minimum Gasteiger partial charge on any atom is -0.341 e. The van der Waals surface area contributed by atoms with Crippen molar-refractivity contribution in [3.8, 4) is 0 Å². The third-order valence-electron chi connectivity index (χ3n) is 2.44. The summed E-state index contributed by atoms with van der Waals surface area (Å²) in [5, 5.41) is 0. The lowest BCUT2D eigenvalue weighted by atomic mass is 10.2. The number of hydrogen-bond acceptors (Lipinski definition) is 3. The molecule has 0 radical (unpaired) electrons. The van der Waals surface area contributed by atoms with Crippen molar-refractivity contribution in [1.82, 2.24) is 4.90 Å². The molecule has 0 aliphatic carbocycles. The summed E-state index contributed by atoms with van der Waals surface area (Å²) in [4.78, 5) is 13.2. The van der Waals surface area contributed by atoms with Crippen LogP contribution in [0.2, 0.25) is 0 Å². The summed E-state index contributed by atoms with van der Waals surface area (Å²) in [6.45, 7) is 2.80. The van der Waals surface area contributed by atoms with Crippen LogP contribution in [-0.2, 0) is 14.6 Å². The Morgan fingerprint density at radius 3 is 2.36 bits per heavy atom. The maximum absolute atomic E-state index is 11.5. The van der Waals surface area contributed by atoms with Crippen LogP contribution in [0, 0.1) is 0 Å². The number of rotatable bonds is 3. The van der Waals surface area contributed by atoms with Crippen LogP contribution in [0.5, 0.6) is 0 Å². The lowest BCUT2D eigenvalue weighted by Gasteiger charge is -2.26. The Labute approximate surface area is 85.2 Å². The highest BCUT2D eigenvalue weighted by Crippen LogP contribution is 2.07. The zero-order chi connectivity index (χ0) is 10.6. The fourth-order valence-corrected chi connectivity index (χ4v) is 2.65. The van der Waals surface area contributed by atoms with E-state index >= 15 is 0 Å². The van der Waals surface area contributed by atoms with Gasteiger partial charge in [0.1, 0.15) is 0 Å². The SMILES string of the molecule is CCCCC(=O)N1CCS(=O)(=O)CC1. The van der Waals surface area contributed by atoms with E-state index in [9.17, 15) is 13.2 Å². The molecule has 5 heteroatoms. The van der Waals surface area contributed by atoms with E-state index in [1.165, 1.54) is 0 Å². The molecule has 0 bridgehead atoms. The van der Waals surface area contributed by atoms with Gasteiger partial charge in [0.15, 0.2) is 9.84 Å². The second-order valence-electron chi connectivity index (χ2n) is 3.64. The Morgan fingerprint density at radius 1 is 1.29 bits per heavy atom. The molecule has 4 nitrogen and oxygen atoms in total. The molecule has 0 aromatic rings. The summed E-state index contributed by atoms with van der Waals surface area (Å²) in [5.41, 5.74) is 0. The van der Waals surface area contributed by atoms with Gasteiger partial charge in [-0.25, -0.2) is 8.42 Å². The monoisotopic (exact) mass is 219 g/mol. The van der Waals surface area contributed by atoms with Crippen molar-refractivity contribution in [3.63, 3.8) is 0 Å². The van der Waals surface area contributed by atoms with Gasteiger partial charge in [0.2, 0.25) is 5.91 Å². The standard InChI is InChI=1S/C9H17NO3S/c1-2-3-4-9(11)10-5-7-14(12,13)8-6-10/h2-8H2,1H3. The van der Waals surface area contributed by atoms with E-state index in [-0.39, 0.29) is 17.4 Å². The highest BCUT2D eigenvalue weighted by atomic mass is 32.2. The topological polar surface area (TPSA) is 54.5 Å². The number of sulfone groups is 1. The van der Waals surface area contributed by atoms with E-state index in [0.717, 1.165) is 12.8 Å². The van der Waals surface area contributed by atoms with Crippen molar-refractivity contribution in [2.24, 2.45) is 0 Å². The molecule has 0 aromatic heterocycles. The number of carbonyl (C=O) groups excluding carboxylic acids is 1. The van der Waals surface area contributed by atoms with Gasteiger partial charge >= 0.3 is 0 Å². The summed E-state index contributed by atoms with van der Waals surface area (Å²) in [6.07, 6.45) is 2.44. The fraction of sp³-hybridized carbons (Fsp3) is 0.889. The number of carbonyl (C=O) groups is 1. The molecule has 14 heavy (non-hydrogen) atoms.